The van der Waals surface area contributed by atoms with Crippen molar-refractivity contribution in [2.75, 3.05) is 25.4 Å². The Hall–Kier alpha value is -2.60. The van der Waals surface area contributed by atoms with Gasteiger partial charge in [0.25, 0.3) is 0 Å². The van der Waals surface area contributed by atoms with Crippen molar-refractivity contribution in [1.82, 2.24) is 20.0 Å². The van der Waals surface area contributed by atoms with Crippen LogP contribution in [0.25, 0.3) is 16.7 Å². The second kappa shape index (κ2) is 8.87. The Morgan fingerprint density at radius 2 is 2.03 bits per heavy atom. The number of benzene rings is 1. The van der Waals surface area contributed by atoms with Gasteiger partial charge in [0, 0.05) is 48.3 Å². The molecule has 1 saturated carbocycles. The summed E-state index contributed by atoms with van der Waals surface area (Å²) < 4.78 is 16.8. The molecule has 0 spiro atoms. The van der Waals surface area contributed by atoms with Crippen LogP contribution in [0.4, 0.5) is 10.1 Å². The van der Waals surface area contributed by atoms with Gasteiger partial charge < -0.3 is 16.0 Å². The van der Waals surface area contributed by atoms with Crippen molar-refractivity contribution in [2.45, 2.75) is 51.4 Å². The number of likely N-dealkylation sites (tertiary alicyclic amines) is 1. The fraction of sp³-hybridized carbons (Fsp3) is 0.480. The van der Waals surface area contributed by atoms with Crippen LogP contribution in [0.2, 0.25) is 0 Å². The van der Waals surface area contributed by atoms with E-state index in [-0.39, 0.29) is 6.04 Å². The SMILES string of the molecule is C=C(NC1CCN(CC(C)C)C[C@@H]1F)C(=C)c1cc(-c2cnn(C3CC3)c2)ccc1N. The van der Waals surface area contributed by atoms with Crippen molar-refractivity contribution in [3.63, 3.8) is 0 Å². The van der Waals surface area contributed by atoms with Gasteiger partial charge in [-0.15, -0.1) is 0 Å². The van der Waals surface area contributed by atoms with Crippen LogP contribution in [0.15, 0.2) is 49.4 Å². The largest absolute Gasteiger partial charge is 0.398 e. The normalized spacial score (nSPS) is 21.9. The topological polar surface area (TPSA) is 59.1 Å². The number of hydrogen-bond acceptors (Lipinski definition) is 4. The lowest BCUT2D eigenvalue weighted by atomic mass is 9.96. The number of halogens is 1. The Morgan fingerprint density at radius 1 is 1.26 bits per heavy atom. The highest BCUT2D eigenvalue weighted by Gasteiger charge is 2.30. The summed E-state index contributed by atoms with van der Waals surface area (Å²) in [4.78, 5) is 2.20. The van der Waals surface area contributed by atoms with Crippen molar-refractivity contribution in [3.8, 4) is 11.1 Å². The standard InChI is InChI=1S/C25H34FN5/c1-16(2)13-30-10-9-25(23(26)15-30)29-18(4)17(3)22-11-19(5-8-24(22)27)20-12-28-31(14-20)21-6-7-21/h5,8,11-12,14,16,21,23,25,29H,3-4,6-7,9-10,13,15,27H2,1-2H3/t23-,25?/m0/s1. The highest BCUT2D eigenvalue weighted by atomic mass is 19.1. The second-order valence-corrected chi connectivity index (χ2v) is 9.41. The molecule has 1 aromatic heterocycles. The summed E-state index contributed by atoms with van der Waals surface area (Å²) in [5, 5.41) is 7.77. The number of nitrogens with two attached hydrogens (primary N) is 1. The molecule has 1 saturated heterocycles. The summed E-state index contributed by atoms with van der Waals surface area (Å²) in [5.41, 5.74) is 11.1. The summed E-state index contributed by atoms with van der Waals surface area (Å²) in [5.74, 6) is 0.540. The molecule has 2 fully saturated rings. The van der Waals surface area contributed by atoms with Gasteiger partial charge in [0.05, 0.1) is 18.3 Å². The van der Waals surface area contributed by atoms with E-state index in [1.54, 1.807) is 0 Å². The third-order valence-corrected chi connectivity index (χ3v) is 6.21. The van der Waals surface area contributed by atoms with Gasteiger partial charge in [-0.25, -0.2) is 4.39 Å². The Labute approximate surface area is 184 Å². The van der Waals surface area contributed by atoms with Crippen molar-refractivity contribution in [2.24, 2.45) is 5.92 Å². The molecule has 31 heavy (non-hydrogen) atoms. The van der Waals surface area contributed by atoms with E-state index < -0.39 is 6.17 Å². The van der Waals surface area contributed by atoms with Crippen LogP contribution in [0.5, 0.6) is 0 Å². The third-order valence-electron chi connectivity index (χ3n) is 6.21. The van der Waals surface area contributed by atoms with Crippen LogP contribution in [0, 0.1) is 5.92 Å². The predicted molar refractivity (Wildman–Crippen MR) is 126 cm³/mol. The van der Waals surface area contributed by atoms with Gasteiger partial charge in [-0.3, -0.25) is 4.68 Å². The molecule has 2 atom stereocenters. The van der Waals surface area contributed by atoms with Crippen LogP contribution in [0.1, 0.15) is 44.7 Å². The predicted octanol–water partition coefficient (Wildman–Crippen LogP) is 4.65. The summed E-state index contributed by atoms with van der Waals surface area (Å²) in [6, 6.07) is 6.20. The molecule has 0 radical (unpaired) electrons. The molecule has 1 aromatic carbocycles. The number of alkyl halides is 1. The quantitative estimate of drug-likeness (QED) is 0.479. The molecule has 1 aliphatic heterocycles. The summed E-state index contributed by atoms with van der Waals surface area (Å²) in [7, 11) is 0. The maximum Gasteiger partial charge on any atom is 0.133 e. The van der Waals surface area contributed by atoms with Crippen LogP contribution >= 0.6 is 0 Å². The number of hydrogen-bond donors (Lipinski definition) is 2. The number of nitrogens with one attached hydrogen (secondary N) is 1. The molecule has 1 unspecified atom stereocenters. The van der Waals surface area contributed by atoms with E-state index >= 15 is 0 Å². The molecule has 2 aromatic rings. The first-order valence-corrected chi connectivity index (χ1v) is 11.3. The van der Waals surface area contributed by atoms with E-state index in [2.05, 4.69) is 48.5 Å². The van der Waals surface area contributed by atoms with Crippen LogP contribution in [-0.4, -0.2) is 46.5 Å². The second-order valence-electron chi connectivity index (χ2n) is 9.41. The van der Waals surface area contributed by atoms with Gasteiger partial charge in [-0.2, -0.15) is 5.10 Å². The van der Waals surface area contributed by atoms with E-state index in [4.69, 9.17) is 5.73 Å². The van der Waals surface area contributed by atoms with Crippen LogP contribution in [0.3, 0.4) is 0 Å². The van der Waals surface area contributed by atoms with Gasteiger partial charge in [-0.1, -0.05) is 33.1 Å². The molecule has 166 valence electrons. The summed E-state index contributed by atoms with van der Waals surface area (Å²) in [6.45, 7) is 15.0. The maximum absolute atomic E-state index is 14.8. The van der Waals surface area contributed by atoms with Gasteiger partial charge in [0.2, 0.25) is 0 Å². The monoisotopic (exact) mass is 423 g/mol. The number of nitrogen functional groups attached to an aromatic ring is 1. The highest BCUT2D eigenvalue weighted by molar-refractivity contribution is 5.85. The zero-order valence-electron chi connectivity index (χ0n) is 18.6. The third kappa shape index (κ3) is 5.01. The van der Waals surface area contributed by atoms with Crippen molar-refractivity contribution < 1.29 is 4.39 Å². The zero-order chi connectivity index (χ0) is 22.1. The Morgan fingerprint density at radius 3 is 2.71 bits per heavy atom. The van der Waals surface area contributed by atoms with Crippen molar-refractivity contribution >= 4 is 11.3 Å². The lowest BCUT2D eigenvalue weighted by Crippen LogP contribution is -2.51. The number of allylic oxidation sites excluding steroid dienone is 1. The maximum atomic E-state index is 14.8. The van der Waals surface area contributed by atoms with E-state index in [1.807, 2.05) is 29.1 Å². The fourth-order valence-corrected chi connectivity index (χ4v) is 4.31. The lowest BCUT2D eigenvalue weighted by Gasteiger charge is -2.36. The zero-order valence-corrected chi connectivity index (χ0v) is 18.6. The molecule has 2 heterocycles. The van der Waals surface area contributed by atoms with E-state index in [0.29, 0.717) is 35.5 Å². The smallest absolute Gasteiger partial charge is 0.133 e. The summed E-state index contributed by atoms with van der Waals surface area (Å²) >= 11 is 0. The minimum atomic E-state index is -0.936. The lowest BCUT2D eigenvalue weighted by molar-refractivity contribution is 0.0998. The molecular weight excluding hydrogens is 389 g/mol. The average molecular weight is 424 g/mol. The van der Waals surface area contributed by atoms with E-state index in [1.165, 1.54) is 12.8 Å². The first-order valence-electron chi connectivity index (χ1n) is 11.3. The van der Waals surface area contributed by atoms with Gasteiger partial charge in [0.15, 0.2) is 0 Å². The first kappa shape index (κ1) is 21.6. The van der Waals surface area contributed by atoms with E-state index in [0.717, 1.165) is 36.2 Å². The average Bonchev–Trinajstić information content (AvgIpc) is 3.46. The Kier molecular flexibility index (Phi) is 6.19. The fourth-order valence-electron chi connectivity index (χ4n) is 4.31. The van der Waals surface area contributed by atoms with Crippen LogP contribution in [-0.2, 0) is 0 Å². The number of anilines is 1. The molecule has 0 bridgehead atoms. The number of aromatic nitrogens is 2. The number of nitrogens with zero attached hydrogens (tertiary/aromatic N) is 3. The van der Waals surface area contributed by atoms with Crippen LogP contribution < -0.4 is 11.1 Å². The van der Waals surface area contributed by atoms with Crippen molar-refractivity contribution in [1.29, 1.82) is 0 Å². The molecule has 3 N–H and O–H groups in total. The molecule has 6 heteroatoms. The minimum absolute atomic E-state index is 0.256. The number of piperidine rings is 1. The molecule has 5 nitrogen and oxygen atoms in total. The molecule has 1 aliphatic carbocycles. The number of rotatable bonds is 8. The molecule has 4 rings (SSSR count). The molecule has 2 aliphatic rings. The molecular formula is C25H34FN5. The minimum Gasteiger partial charge on any atom is -0.398 e. The van der Waals surface area contributed by atoms with Crippen molar-refractivity contribution in [3.05, 3.63) is 55.0 Å². The van der Waals surface area contributed by atoms with Gasteiger partial charge in [-0.05, 0) is 48.4 Å². The molecule has 0 amide bonds. The van der Waals surface area contributed by atoms with Gasteiger partial charge >= 0.3 is 0 Å². The highest BCUT2D eigenvalue weighted by Crippen LogP contribution is 2.36. The van der Waals surface area contributed by atoms with Gasteiger partial charge in [0.1, 0.15) is 6.17 Å². The Balaban J connectivity index is 1.43. The summed E-state index contributed by atoms with van der Waals surface area (Å²) in [6.07, 6.45) is 6.18. The van der Waals surface area contributed by atoms with E-state index in [9.17, 15) is 4.39 Å². The Bertz CT molecular complexity index is 959. The first-order chi connectivity index (χ1) is 14.8.